The van der Waals surface area contributed by atoms with E-state index in [0.29, 0.717) is 25.5 Å². The van der Waals surface area contributed by atoms with Gasteiger partial charge in [-0.3, -0.25) is 13.9 Å². The van der Waals surface area contributed by atoms with Crippen LogP contribution in [-0.4, -0.2) is 68.2 Å². The first kappa shape index (κ1) is 33.0. The number of benzene rings is 1. The van der Waals surface area contributed by atoms with Gasteiger partial charge in [-0.1, -0.05) is 36.8 Å². The summed E-state index contributed by atoms with van der Waals surface area (Å²) in [5, 5.41) is 8.33. The highest BCUT2D eigenvalue weighted by Gasteiger charge is 2.09. The number of carbonyl (C=O) groups is 1. The van der Waals surface area contributed by atoms with Crippen LogP contribution in [0.4, 0.5) is 0 Å². The molecule has 0 bridgehead atoms. The fourth-order valence-electron chi connectivity index (χ4n) is 1.62. The lowest BCUT2D eigenvalue weighted by Crippen LogP contribution is -2.29. The van der Waals surface area contributed by atoms with Gasteiger partial charge in [0.05, 0.1) is 12.5 Å². The van der Waals surface area contributed by atoms with Crippen molar-refractivity contribution in [1.29, 1.82) is 0 Å². The van der Waals surface area contributed by atoms with Gasteiger partial charge in [0.2, 0.25) is 0 Å². The van der Waals surface area contributed by atoms with E-state index in [1.165, 1.54) is 5.56 Å². The highest BCUT2D eigenvalue weighted by molar-refractivity contribution is 7.85. The molecule has 9 N–H and O–H groups in total. The van der Waals surface area contributed by atoms with Crippen molar-refractivity contribution in [2.45, 2.75) is 44.7 Å². The zero-order valence-corrected chi connectivity index (χ0v) is 19.1. The predicted molar refractivity (Wildman–Crippen MR) is 117 cm³/mol. The zero-order valence-electron chi connectivity index (χ0n) is 17.5. The van der Waals surface area contributed by atoms with Crippen LogP contribution in [0.5, 0.6) is 0 Å². The summed E-state index contributed by atoms with van der Waals surface area (Å²) in [5.74, 6) is -0.933. The van der Waals surface area contributed by atoms with Crippen LogP contribution in [0.15, 0.2) is 30.3 Å². The summed E-state index contributed by atoms with van der Waals surface area (Å²) in [5.41, 5.74) is 17.4. The van der Waals surface area contributed by atoms with E-state index in [-0.39, 0.29) is 6.04 Å². The summed E-state index contributed by atoms with van der Waals surface area (Å²) in [6.07, 6.45) is 4.57. The minimum Gasteiger partial charge on any atom is -0.480 e. The monoisotopic (exact) mass is 473 g/mol. The number of unbranched alkanes of at least 4 members (excludes halogenated alkanes) is 1. The fraction of sp³-hybridized carbons (Fsp3) is 0.588. The summed E-state index contributed by atoms with van der Waals surface area (Å²) in [6.45, 7) is 2.62. The second-order valence-electron chi connectivity index (χ2n) is 6.36. The van der Waals surface area contributed by atoms with Crippen LogP contribution in [0.25, 0.3) is 0 Å². The maximum absolute atomic E-state index is 10.1. The molecule has 13 heteroatoms. The fourth-order valence-corrected chi connectivity index (χ4v) is 1.62. The molecule has 0 fully saturated rings. The van der Waals surface area contributed by atoms with E-state index in [9.17, 15) is 21.6 Å². The summed E-state index contributed by atoms with van der Waals surface area (Å²) in [4.78, 5) is 10.1. The van der Waals surface area contributed by atoms with E-state index in [1.54, 1.807) is 0 Å². The van der Waals surface area contributed by atoms with Gasteiger partial charge in [-0.05, 0) is 38.3 Å². The number of carboxylic acid groups (broad SMARTS) is 1. The highest BCUT2D eigenvalue weighted by atomic mass is 32.2. The van der Waals surface area contributed by atoms with Crippen LogP contribution in [0, 0.1) is 0 Å². The molecule has 0 aromatic heterocycles. The van der Waals surface area contributed by atoms with Crippen molar-refractivity contribution in [3.63, 3.8) is 0 Å². The number of hydrogen-bond acceptors (Lipinski definition) is 8. The van der Waals surface area contributed by atoms with Gasteiger partial charge in [-0.15, -0.1) is 0 Å². The summed E-state index contributed by atoms with van der Waals surface area (Å²) < 4.78 is 51.7. The SMILES string of the molecule is CC(N)Cc1ccccc1.CS(=O)(=O)O.CS(=O)(=O)O.NCCCC[C@H](N)C(=O)O. The summed E-state index contributed by atoms with van der Waals surface area (Å²) >= 11 is 0. The van der Waals surface area contributed by atoms with Crippen molar-refractivity contribution < 1.29 is 35.8 Å². The van der Waals surface area contributed by atoms with Gasteiger partial charge in [-0.2, -0.15) is 16.8 Å². The van der Waals surface area contributed by atoms with Crippen molar-refractivity contribution in [3.8, 4) is 0 Å². The van der Waals surface area contributed by atoms with Crippen molar-refractivity contribution >= 4 is 26.2 Å². The molecule has 0 aliphatic carbocycles. The maximum Gasteiger partial charge on any atom is 0.320 e. The molecule has 2 atom stereocenters. The Bertz CT molecular complexity index is 708. The minimum atomic E-state index is -3.67. The minimum absolute atomic E-state index is 0.266. The first-order chi connectivity index (χ1) is 13.5. The lowest BCUT2D eigenvalue weighted by atomic mass is 10.1. The average Bonchev–Trinajstić information content (AvgIpc) is 2.52. The molecule has 0 amide bonds. The summed E-state index contributed by atoms with van der Waals surface area (Å²) in [6, 6.07) is 9.85. The largest absolute Gasteiger partial charge is 0.480 e. The molecule has 11 nitrogen and oxygen atoms in total. The van der Waals surface area contributed by atoms with Gasteiger partial charge in [0.25, 0.3) is 20.2 Å². The molecule has 1 aromatic carbocycles. The standard InChI is InChI=1S/C9H13N.C6H14N2O2.2CH4O3S/c1-8(10)7-9-5-3-2-4-6-9;7-4-2-1-3-5(8)6(9)10;2*1-5(2,3)4/h2-6,8H,7,10H2,1H3;5H,1-4,7-8H2,(H,9,10);2*1H3,(H,2,3,4)/t;5-;;/m.0../s1. The molecule has 0 aliphatic heterocycles. The quantitative estimate of drug-likeness (QED) is 0.230. The Morgan fingerprint density at radius 1 is 0.967 bits per heavy atom. The third-order valence-corrected chi connectivity index (χ3v) is 2.69. The Morgan fingerprint density at radius 3 is 1.67 bits per heavy atom. The average molecular weight is 474 g/mol. The number of carboxylic acids is 1. The smallest absolute Gasteiger partial charge is 0.320 e. The molecule has 0 aliphatic rings. The van der Waals surface area contributed by atoms with Crippen molar-refractivity contribution in [1.82, 2.24) is 0 Å². The lowest BCUT2D eigenvalue weighted by Gasteiger charge is -2.03. The third kappa shape index (κ3) is 45.2. The highest BCUT2D eigenvalue weighted by Crippen LogP contribution is 2.00. The van der Waals surface area contributed by atoms with Crippen LogP contribution in [0.2, 0.25) is 0 Å². The van der Waals surface area contributed by atoms with Gasteiger partial charge < -0.3 is 22.3 Å². The molecule has 0 radical (unpaired) electrons. The first-order valence-corrected chi connectivity index (χ1v) is 12.5. The number of nitrogens with two attached hydrogens (primary N) is 3. The Morgan fingerprint density at radius 2 is 1.37 bits per heavy atom. The number of rotatable bonds is 7. The maximum atomic E-state index is 10.1. The topological polar surface area (TPSA) is 224 Å². The van der Waals surface area contributed by atoms with E-state index in [1.807, 2.05) is 25.1 Å². The van der Waals surface area contributed by atoms with Crippen LogP contribution < -0.4 is 17.2 Å². The van der Waals surface area contributed by atoms with E-state index < -0.39 is 32.2 Å². The van der Waals surface area contributed by atoms with Crippen LogP contribution in [0.1, 0.15) is 31.7 Å². The molecule has 30 heavy (non-hydrogen) atoms. The molecule has 1 unspecified atom stereocenters. The molecule has 0 spiro atoms. The molecular weight excluding hydrogens is 438 g/mol. The second-order valence-corrected chi connectivity index (χ2v) is 9.29. The van der Waals surface area contributed by atoms with Crippen LogP contribution in [0.3, 0.4) is 0 Å². The normalized spacial score (nSPS) is 12.5. The Balaban J connectivity index is -0.000000343. The van der Waals surface area contributed by atoms with Crippen molar-refractivity contribution in [2.75, 3.05) is 19.1 Å². The van der Waals surface area contributed by atoms with Gasteiger partial charge >= 0.3 is 5.97 Å². The van der Waals surface area contributed by atoms with E-state index in [2.05, 4.69) is 12.1 Å². The number of hydrogen-bond donors (Lipinski definition) is 6. The van der Waals surface area contributed by atoms with Gasteiger partial charge in [-0.25, -0.2) is 0 Å². The third-order valence-electron chi connectivity index (χ3n) is 2.69. The van der Waals surface area contributed by atoms with E-state index in [4.69, 9.17) is 31.4 Å². The molecule has 178 valence electrons. The van der Waals surface area contributed by atoms with Gasteiger partial charge in [0, 0.05) is 6.04 Å². The van der Waals surface area contributed by atoms with Gasteiger partial charge in [0.15, 0.2) is 0 Å². The molecule has 1 aromatic rings. The van der Waals surface area contributed by atoms with Gasteiger partial charge in [0.1, 0.15) is 6.04 Å². The van der Waals surface area contributed by atoms with E-state index in [0.717, 1.165) is 19.3 Å². The van der Waals surface area contributed by atoms with Crippen molar-refractivity contribution in [3.05, 3.63) is 35.9 Å². The molecular formula is C17H35N3O8S2. The zero-order chi connectivity index (χ0) is 24.4. The predicted octanol–water partition coefficient (Wildman–Crippen LogP) is 0.112. The molecule has 1 rings (SSSR count). The molecule has 0 heterocycles. The number of aliphatic carboxylic acids is 1. The van der Waals surface area contributed by atoms with Crippen LogP contribution in [-0.2, 0) is 31.5 Å². The van der Waals surface area contributed by atoms with Crippen molar-refractivity contribution in [2.24, 2.45) is 17.2 Å². The molecule has 0 saturated carbocycles. The molecule has 0 saturated heterocycles. The van der Waals surface area contributed by atoms with E-state index >= 15 is 0 Å². The Hall–Kier alpha value is -1.61. The first-order valence-electron chi connectivity index (χ1n) is 8.80. The lowest BCUT2D eigenvalue weighted by molar-refractivity contribution is -0.138. The van der Waals surface area contributed by atoms with Crippen LogP contribution >= 0.6 is 0 Å². The Labute approximate surface area is 179 Å². The second kappa shape index (κ2) is 18.2. The summed E-state index contributed by atoms with van der Waals surface area (Å²) in [7, 11) is -7.33. The Kier molecular flexibility index (Phi) is 20.0.